The molecule has 3 aromatic carbocycles. The second-order valence-electron chi connectivity index (χ2n) is 6.64. The summed E-state index contributed by atoms with van der Waals surface area (Å²) in [5.74, 6) is 1.33. The molecule has 1 heterocycles. The minimum atomic E-state index is -0.394. The van der Waals surface area contributed by atoms with Crippen molar-refractivity contribution in [1.82, 2.24) is 14.9 Å². The Bertz CT molecular complexity index is 1130. The van der Waals surface area contributed by atoms with Gasteiger partial charge >= 0.3 is 0 Å². The molecule has 140 valence electrons. The second-order valence-corrected chi connectivity index (χ2v) is 6.64. The molecule has 5 nitrogen and oxygen atoms in total. The lowest BCUT2D eigenvalue weighted by Crippen LogP contribution is -2.31. The average Bonchev–Trinajstić information content (AvgIpc) is 3.17. The number of hydrogen-bond donors (Lipinski definition) is 1. The largest absolute Gasteiger partial charge is 0.497 e. The van der Waals surface area contributed by atoms with Crippen molar-refractivity contribution in [3.8, 4) is 5.75 Å². The van der Waals surface area contributed by atoms with Crippen molar-refractivity contribution in [2.24, 2.45) is 7.05 Å². The van der Waals surface area contributed by atoms with Crippen molar-refractivity contribution < 1.29 is 9.53 Å². The number of ether oxygens (including phenoxy) is 1. The second kappa shape index (κ2) is 7.56. The highest BCUT2D eigenvalue weighted by atomic mass is 16.5. The number of benzene rings is 3. The Morgan fingerprint density at radius 3 is 2.61 bits per heavy atom. The third-order valence-corrected chi connectivity index (χ3v) is 4.83. The summed E-state index contributed by atoms with van der Waals surface area (Å²) in [6, 6.07) is 21.0. The van der Waals surface area contributed by atoms with Crippen molar-refractivity contribution in [3.05, 3.63) is 96.1 Å². The Morgan fingerprint density at radius 2 is 1.86 bits per heavy atom. The lowest BCUT2D eigenvalue weighted by molar-refractivity contribution is 0.0941. The van der Waals surface area contributed by atoms with Crippen LogP contribution in [0.1, 0.15) is 27.8 Å². The molecule has 0 aliphatic heterocycles. The Kier molecular flexibility index (Phi) is 4.81. The van der Waals surface area contributed by atoms with Gasteiger partial charge in [-0.15, -0.1) is 0 Å². The van der Waals surface area contributed by atoms with Crippen LogP contribution in [0.5, 0.6) is 5.75 Å². The fourth-order valence-electron chi connectivity index (χ4n) is 3.32. The number of rotatable bonds is 5. The van der Waals surface area contributed by atoms with Gasteiger partial charge in [0.1, 0.15) is 17.6 Å². The maximum absolute atomic E-state index is 13.1. The fourth-order valence-corrected chi connectivity index (χ4v) is 3.32. The number of carbonyl (C=O) groups excluding carboxylic acids is 1. The van der Waals surface area contributed by atoms with Crippen LogP contribution in [0.4, 0.5) is 0 Å². The molecular formula is C23H21N3O2. The molecule has 4 rings (SSSR count). The van der Waals surface area contributed by atoms with E-state index in [0.717, 1.165) is 27.9 Å². The van der Waals surface area contributed by atoms with Gasteiger partial charge in [0.25, 0.3) is 5.91 Å². The molecule has 0 bridgehead atoms. The molecule has 0 fully saturated rings. The zero-order valence-corrected chi connectivity index (χ0v) is 15.8. The predicted octanol–water partition coefficient (Wildman–Crippen LogP) is 4.10. The number of fused-ring (bicyclic) bond motifs is 1. The molecule has 1 N–H and O–H groups in total. The van der Waals surface area contributed by atoms with Gasteiger partial charge < -0.3 is 14.6 Å². The highest BCUT2D eigenvalue weighted by Crippen LogP contribution is 2.25. The molecule has 5 heteroatoms. The van der Waals surface area contributed by atoms with Gasteiger partial charge in [0.2, 0.25) is 0 Å². The first kappa shape index (κ1) is 17.8. The minimum Gasteiger partial charge on any atom is -0.497 e. The maximum Gasteiger partial charge on any atom is 0.252 e. The molecule has 0 spiro atoms. The molecule has 0 saturated carbocycles. The molecule has 1 atom stereocenters. The normalized spacial score (nSPS) is 11.9. The summed E-state index contributed by atoms with van der Waals surface area (Å²) in [5.41, 5.74) is 1.52. The lowest BCUT2D eigenvalue weighted by Gasteiger charge is -2.20. The molecule has 0 aliphatic carbocycles. The number of hydrogen-bond acceptors (Lipinski definition) is 3. The lowest BCUT2D eigenvalue weighted by atomic mass is 10.0. The summed E-state index contributed by atoms with van der Waals surface area (Å²) in [6.45, 7) is 0. The first-order valence-electron chi connectivity index (χ1n) is 9.06. The number of nitrogens with one attached hydrogen (secondary N) is 1. The van der Waals surface area contributed by atoms with Crippen LogP contribution in [0.2, 0.25) is 0 Å². The van der Waals surface area contributed by atoms with E-state index in [9.17, 15) is 4.79 Å². The summed E-state index contributed by atoms with van der Waals surface area (Å²) in [7, 11) is 3.54. The van der Waals surface area contributed by atoms with Crippen molar-refractivity contribution in [2.75, 3.05) is 7.11 Å². The van der Waals surface area contributed by atoms with Crippen molar-refractivity contribution in [3.63, 3.8) is 0 Å². The van der Waals surface area contributed by atoms with Gasteiger partial charge in [-0.2, -0.15) is 0 Å². The minimum absolute atomic E-state index is 0.151. The van der Waals surface area contributed by atoms with Gasteiger partial charge in [0.15, 0.2) is 0 Å². The molecule has 0 saturated heterocycles. The number of methoxy groups -OCH3 is 1. The van der Waals surface area contributed by atoms with E-state index in [1.807, 2.05) is 84.5 Å². The van der Waals surface area contributed by atoms with E-state index in [-0.39, 0.29) is 5.91 Å². The highest BCUT2D eigenvalue weighted by molar-refractivity contribution is 5.98. The molecule has 1 amide bonds. The van der Waals surface area contributed by atoms with E-state index in [0.29, 0.717) is 5.56 Å². The zero-order valence-electron chi connectivity index (χ0n) is 15.8. The van der Waals surface area contributed by atoms with Crippen LogP contribution >= 0.6 is 0 Å². The molecule has 0 aliphatic rings. The maximum atomic E-state index is 13.1. The predicted molar refractivity (Wildman–Crippen MR) is 109 cm³/mol. The SMILES string of the molecule is COc1cccc(C(NC(=O)c2ccc3ccccc3c2)c2nccn2C)c1. The van der Waals surface area contributed by atoms with Crippen molar-refractivity contribution in [2.45, 2.75) is 6.04 Å². The smallest absolute Gasteiger partial charge is 0.252 e. The number of nitrogens with zero attached hydrogens (tertiary/aromatic N) is 2. The van der Waals surface area contributed by atoms with Crippen molar-refractivity contribution in [1.29, 1.82) is 0 Å². The van der Waals surface area contributed by atoms with E-state index in [1.54, 1.807) is 13.3 Å². The van der Waals surface area contributed by atoms with Gasteiger partial charge in [-0.05, 0) is 40.6 Å². The first-order chi connectivity index (χ1) is 13.7. The van der Waals surface area contributed by atoms with E-state index in [1.165, 1.54) is 0 Å². The molecule has 1 aromatic heterocycles. The Balaban J connectivity index is 1.70. The molecule has 28 heavy (non-hydrogen) atoms. The first-order valence-corrected chi connectivity index (χ1v) is 9.06. The van der Waals surface area contributed by atoms with Crippen LogP contribution in [0.3, 0.4) is 0 Å². The number of aryl methyl sites for hydroxylation is 1. The molecular weight excluding hydrogens is 350 g/mol. The standard InChI is InChI=1S/C23H21N3O2/c1-26-13-12-24-22(26)21(18-8-5-9-20(15-18)28-2)25-23(27)19-11-10-16-6-3-4-7-17(16)14-19/h3-15,21H,1-2H3,(H,25,27). The number of carbonyl (C=O) groups is 1. The van der Waals surface area contributed by atoms with Crippen LogP contribution in [0.15, 0.2) is 79.1 Å². The molecule has 0 radical (unpaired) electrons. The fraction of sp³-hybridized carbons (Fsp3) is 0.130. The Labute approximate surface area is 163 Å². The topological polar surface area (TPSA) is 56.1 Å². The average molecular weight is 371 g/mol. The summed E-state index contributed by atoms with van der Waals surface area (Å²) in [5, 5.41) is 5.27. The quantitative estimate of drug-likeness (QED) is 0.575. The van der Waals surface area contributed by atoms with Crippen LogP contribution in [0.25, 0.3) is 10.8 Å². The monoisotopic (exact) mass is 371 g/mol. The van der Waals surface area contributed by atoms with Crippen LogP contribution in [0, 0.1) is 0 Å². The van der Waals surface area contributed by atoms with E-state index >= 15 is 0 Å². The Morgan fingerprint density at radius 1 is 1.04 bits per heavy atom. The number of amides is 1. The van der Waals surface area contributed by atoms with Gasteiger partial charge in [-0.3, -0.25) is 4.79 Å². The van der Waals surface area contributed by atoms with Gasteiger partial charge in [0.05, 0.1) is 7.11 Å². The highest BCUT2D eigenvalue weighted by Gasteiger charge is 2.22. The van der Waals surface area contributed by atoms with Gasteiger partial charge in [0, 0.05) is 25.0 Å². The van der Waals surface area contributed by atoms with Crippen LogP contribution in [-0.4, -0.2) is 22.6 Å². The third kappa shape index (κ3) is 3.47. The number of imidazole rings is 1. The number of aromatic nitrogens is 2. The summed E-state index contributed by atoms with van der Waals surface area (Å²) in [6.07, 6.45) is 3.59. The molecule has 1 unspecified atom stereocenters. The third-order valence-electron chi connectivity index (χ3n) is 4.83. The summed E-state index contributed by atoms with van der Waals surface area (Å²) in [4.78, 5) is 17.5. The Hall–Kier alpha value is -3.60. The van der Waals surface area contributed by atoms with Gasteiger partial charge in [-0.1, -0.05) is 42.5 Å². The van der Waals surface area contributed by atoms with Crippen molar-refractivity contribution >= 4 is 16.7 Å². The van der Waals surface area contributed by atoms with Crippen LogP contribution in [-0.2, 0) is 7.05 Å². The van der Waals surface area contributed by atoms with E-state index < -0.39 is 6.04 Å². The van der Waals surface area contributed by atoms with E-state index in [2.05, 4.69) is 10.3 Å². The summed E-state index contributed by atoms with van der Waals surface area (Å²) >= 11 is 0. The van der Waals surface area contributed by atoms with Crippen LogP contribution < -0.4 is 10.1 Å². The molecule has 4 aromatic rings. The van der Waals surface area contributed by atoms with Gasteiger partial charge in [-0.25, -0.2) is 4.98 Å². The zero-order chi connectivity index (χ0) is 19.5. The summed E-state index contributed by atoms with van der Waals surface area (Å²) < 4.78 is 7.26. The van der Waals surface area contributed by atoms with E-state index in [4.69, 9.17) is 4.74 Å².